The minimum atomic E-state index is -3.72. The number of sulfonamides is 1. The smallest absolute Gasteiger partial charge is 0.241 e. The first-order chi connectivity index (χ1) is 12.9. The van der Waals surface area contributed by atoms with Crippen molar-refractivity contribution in [3.8, 4) is 11.5 Å². The predicted molar refractivity (Wildman–Crippen MR) is 113 cm³/mol. The zero-order valence-electron chi connectivity index (χ0n) is 18.0. The van der Waals surface area contributed by atoms with Gasteiger partial charge < -0.3 is 9.47 Å². The third-order valence-corrected chi connectivity index (χ3v) is 6.68. The van der Waals surface area contributed by atoms with Crippen molar-refractivity contribution in [3.63, 3.8) is 0 Å². The first kappa shape index (κ1) is 22.2. The summed E-state index contributed by atoms with van der Waals surface area (Å²) in [5.74, 6) is 1.25. The molecule has 28 heavy (non-hydrogen) atoms. The van der Waals surface area contributed by atoms with Crippen LogP contribution in [-0.2, 0) is 15.4 Å². The molecule has 154 valence electrons. The fraction of sp³-hybridized carbons (Fsp3) is 0.455. The molecule has 6 heteroatoms. The second-order valence-electron chi connectivity index (χ2n) is 8.14. The molecule has 0 fully saturated rings. The van der Waals surface area contributed by atoms with Gasteiger partial charge >= 0.3 is 0 Å². The topological polar surface area (TPSA) is 64.6 Å². The molecular weight excluding hydrogens is 374 g/mol. The highest BCUT2D eigenvalue weighted by Gasteiger charge is 2.26. The summed E-state index contributed by atoms with van der Waals surface area (Å²) in [5, 5.41) is 0. The summed E-state index contributed by atoms with van der Waals surface area (Å²) in [6, 6.07) is 8.76. The standard InChI is InChI=1S/C22H31NO4S/c1-14-11-17(22(4,5)6)12-15(2)21(14)28(24,25)23-16(3)19-13-18(26-7)9-10-20(19)27-8/h9-13,16,23H,1-8H3/t16-/m0/s1. The molecule has 2 rings (SSSR count). The van der Waals surface area contributed by atoms with Crippen LogP contribution in [0.5, 0.6) is 11.5 Å². The SMILES string of the molecule is COc1ccc(OC)c([C@H](C)NS(=O)(=O)c2c(C)cc(C(C)(C)C)cc2C)c1. The number of hydrogen-bond donors (Lipinski definition) is 1. The maximum atomic E-state index is 13.2. The Bertz CT molecular complexity index is 936. The van der Waals surface area contributed by atoms with Gasteiger partial charge in [0.2, 0.25) is 10.0 Å². The molecule has 0 saturated carbocycles. The first-order valence-electron chi connectivity index (χ1n) is 9.26. The molecular formula is C22H31NO4S. The van der Waals surface area contributed by atoms with Crippen LogP contribution in [0.4, 0.5) is 0 Å². The van der Waals surface area contributed by atoms with E-state index in [9.17, 15) is 8.42 Å². The summed E-state index contributed by atoms with van der Waals surface area (Å²) in [4.78, 5) is 0.328. The minimum Gasteiger partial charge on any atom is -0.497 e. The third kappa shape index (κ3) is 4.67. The zero-order valence-corrected chi connectivity index (χ0v) is 18.8. The van der Waals surface area contributed by atoms with Gasteiger partial charge in [0, 0.05) is 11.6 Å². The Morgan fingerprint density at radius 3 is 2.00 bits per heavy atom. The highest BCUT2D eigenvalue weighted by molar-refractivity contribution is 7.89. The Labute approximate surface area is 169 Å². The van der Waals surface area contributed by atoms with Crippen LogP contribution >= 0.6 is 0 Å². The molecule has 0 aliphatic carbocycles. The minimum absolute atomic E-state index is 0.0491. The van der Waals surface area contributed by atoms with Crippen LogP contribution in [0.25, 0.3) is 0 Å². The van der Waals surface area contributed by atoms with Gasteiger partial charge in [-0.2, -0.15) is 0 Å². The van der Waals surface area contributed by atoms with Crippen LogP contribution < -0.4 is 14.2 Å². The summed E-state index contributed by atoms with van der Waals surface area (Å²) >= 11 is 0. The van der Waals surface area contributed by atoms with Crippen molar-refractivity contribution in [1.29, 1.82) is 0 Å². The second kappa shape index (κ2) is 8.13. The molecule has 2 aromatic rings. The maximum Gasteiger partial charge on any atom is 0.241 e. The monoisotopic (exact) mass is 405 g/mol. The van der Waals surface area contributed by atoms with Crippen molar-refractivity contribution in [2.75, 3.05) is 14.2 Å². The molecule has 2 aromatic carbocycles. The number of rotatable bonds is 6. The first-order valence-corrected chi connectivity index (χ1v) is 10.7. The van der Waals surface area contributed by atoms with E-state index in [2.05, 4.69) is 25.5 Å². The van der Waals surface area contributed by atoms with E-state index in [1.54, 1.807) is 39.3 Å². The van der Waals surface area contributed by atoms with Crippen LogP contribution in [0.3, 0.4) is 0 Å². The molecule has 0 spiro atoms. The number of ether oxygens (including phenoxy) is 2. The van der Waals surface area contributed by atoms with E-state index in [-0.39, 0.29) is 5.41 Å². The average Bonchev–Trinajstić information content (AvgIpc) is 2.58. The molecule has 0 aliphatic heterocycles. The largest absolute Gasteiger partial charge is 0.497 e. The van der Waals surface area contributed by atoms with Crippen LogP contribution in [-0.4, -0.2) is 22.6 Å². The van der Waals surface area contributed by atoms with Crippen LogP contribution in [0.1, 0.15) is 56.0 Å². The van der Waals surface area contributed by atoms with E-state index in [4.69, 9.17) is 9.47 Å². The molecule has 5 nitrogen and oxygen atoms in total. The van der Waals surface area contributed by atoms with E-state index in [0.29, 0.717) is 22.0 Å². The molecule has 0 aromatic heterocycles. The summed E-state index contributed by atoms with van der Waals surface area (Å²) < 4.78 is 39.8. The van der Waals surface area contributed by atoms with Crippen molar-refractivity contribution in [1.82, 2.24) is 4.72 Å². The number of aryl methyl sites for hydroxylation is 2. The van der Waals surface area contributed by atoms with Gasteiger partial charge in [0.1, 0.15) is 11.5 Å². The summed E-state index contributed by atoms with van der Waals surface area (Å²) in [6.07, 6.45) is 0. The molecule has 0 unspecified atom stereocenters. The van der Waals surface area contributed by atoms with Crippen molar-refractivity contribution < 1.29 is 17.9 Å². The molecule has 1 N–H and O–H groups in total. The number of benzene rings is 2. The van der Waals surface area contributed by atoms with E-state index < -0.39 is 16.1 Å². The van der Waals surface area contributed by atoms with Gasteiger partial charge in [-0.05, 0) is 61.1 Å². The van der Waals surface area contributed by atoms with Crippen molar-refractivity contribution in [2.24, 2.45) is 0 Å². The summed E-state index contributed by atoms with van der Waals surface area (Å²) in [5.41, 5.74) is 3.26. The highest BCUT2D eigenvalue weighted by atomic mass is 32.2. The van der Waals surface area contributed by atoms with Gasteiger partial charge in [0.25, 0.3) is 0 Å². The maximum absolute atomic E-state index is 13.2. The lowest BCUT2D eigenvalue weighted by atomic mass is 9.85. The predicted octanol–water partition coefficient (Wildman–Crippen LogP) is 4.66. The zero-order chi connectivity index (χ0) is 21.3. The molecule has 0 aliphatic rings. The lowest BCUT2D eigenvalue weighted by Gasteiger charge is -2.23. The average molecular weight is 406 g/mol. The summed E-state index contributed by atoms with van der Waals surface area (Å²) in [7, 11) is -0.587. The van der Waals surface area contributed by atoms with Gasteiger partial charge in [-0.25, -0.2) is 13.1 Å². The highest BCUT2D eigenvalue weighted by Crippen LogP contribution is 2.32. The van der Waals surface area contributed by atoms with Gasteiger partial charge in [0.15, 0.2) is 0 Å². The summed E-state index contributed by atoms with van der Waals surface area (Å²) in [6.45, 7) is 11.8. The Hall–Kier alpha value is -2.05. The molecule has 0 heterocycles. The fourth-order valence-corrected chi connectivity index (χ4v) is 5.02. The van der Waals surface area contributed by atoms with Crippen LogP contribution in [0.2, 0.25) is 0 Å². The Kier molecular flexibility index (Phi) is 6.46. The van der Waals surface area contributed by atoms with Crippen LogP contribution in [0.15, 0.2) is 35.2 Å². The van der Waals surface area contributed by atoms with Gasteiger partial charge in [0.05, 0.1) is 19.1 Å². The van der Waals surface area contributed by atoms with E-state index in [1.165, 1.54) is 0 Å². The number of nitrogens with one attached hydrogen (secondary N) is 1. The molecule has 0 radical (unpaired) electrons. The quantitative estimate of drug-likeness (QED) is 0.759. The Morgan fingerprint density at radius 2 is 1.54 bits per heavy atom. The van der Waals surface area contributed by atoms with Crippen LogP contribution in [0, 0.1) is 13.8 Å². The van der Waals surface area contributed by atoms with Crippen molar-refractivity contribution in [3.05, 3.63) is 52.6 Å². The van der Waals surface area contributed by atoms with Gasteiger partial charge in [-0.1, -0.05) is 32.9 Å². The molecule has 0 bridgehead atoms. The number of methoxy groups -OCH3 is 2. The van der Waals surface area contributed by atoms with Gasteiger partial charge in [-0.3, -0.25) is 0 Å². The fourth-order valence-electron chi connectivity index (χ4n) is 3.34. The lowest BCUT2D eigenvalue weighted by Crippen LogP contribution is -2.28. The van der Waals surface area contributed by atoms with E-state index >= 15 is 0 Å². The van der Waals surface area contributed by atoms with Crippen molar-refractivity contribution in [2.45, 2.75) is 57.9 Å². The molecule has 0 saturated heterocycles. The van der Waals surface area contributed by atoms with E-state index in [1.807, 2.05) is 26.0 Å². The van der Waals surface area contributed by atoms with Crippen molar-refractivity contribution >= 4 is 10.0 Å². The molecule has 0 amide bonds. The third-order valence-electron chi connectivity index (χ3n) is 4.83. The molecule has 1 atom stereocenters. The van der Waals surface area contributed by atoms with Gasteiger partial charge in [-0.15, -0.1) is 0 Å². The van der Waals surface area contributed by atoms with E-state index in [0.717, 1.165) is 16.7 Å². The number of hydrogen-bond acceptors (Lipinski definition) is 4. The normalized spacial score (nSPS) is 13.3. The second-order valence-corrected chi connectivity index (χ2v) is 9.79. The Balaban J connectivity index is 2.44. The lowest BCUT2D eigenvalue weighted by molar-refractivity contribution is 0.395. The Morgan fingerprint density at radius 1 is 0.964 bits per heavy atom.